The molecule has 0 saturated carbocycles. The Hall–Kier alpha value is -1.30. The molecule has 2 amide bonds. The number of nitrogens with one attached hydrogen (secondary N) is 2. The van der Waals surface area contributed by atoms with Crippen LogP contribution in [-0.2, 0) is 19.1 Å². The largest absolute Gasteiger partial charge is 0.394 e. The Kier molecular flexibility index (Phi) is 25.8. The highest BCUT2D eigenvalue weighted by molar-refractivity contribution is 5.87. The molecule has 1 saturated heterocycles. The molecule has 1 fully saturated rings. The minimum Gasteiger partial charge on any atom is -0.394 e. The van der Waals surface area contributed by atoms with Crippen molar-refractivity contribution in [2.45, 2.75) is 192 Å². The normalized spacial score (nSPS) is 22.3. The Morgan fingerprint density at radius 1 is 0.667 bits per heavy atom. The molecule has 45 heavy (non-hydrogen) atoms. The molecule has 0 aliphatic carbocycles. The molecule has 0 aromatic heterocycles. The van der Waals surface area contributed by atoms with Gasteiger partial charge in [0, 0.05) is 13.0 Å². The van der Waals surface area contributed by atoms with E-state index < -0.39 is 43.4 Å². The molecule has 0 aromatic carbocycles. The molecule has 266 valence electrons. The Labute approximate surface area is 273 Å². The van der Waals surface area contributed by atoms with Gasteiger partial charge in [0.25, 0.3) is 0 Å². The highest BCUT2D eigenvalue weighted by Crippen LogP contribution is 2.22. The van der Waals surface area contributed by atoms with Gasteiger partial charge < -0.3 is 40.5 Å². The maximum Gasteiger partial charge on any atom is 0.244 e. The summed E-state index contributed by atoms with van der Waals surface area (Å²) in [4.78, 5) is 25.8. The zero-order valence-corrected chi connectivity index (χ0v) is 28.6. The van der Waals surface area contributed by atoms with Crippen LogP contribution in [0.3, 0.4) is 0 Å². The average Bonchev–Trinajstić information content (AvgIpc) is 3.04. The molecule has 1 aliphatic heterocycles. The molecule has 0 unspecified atom stereocenters. The topological polar surface area (TPSA) is 158 Å². The molecular weight excluding hydrogens is 576 g/mol. The van der Waals surface area contributed by atoms with E-state index in [0.717, 1.165) is 38.5 Å². The van der Waals surface area contributed by atoms with Crippen LogP contribution in [0.5, 0.6) is 0 Å². The molecule has 6 atom stereocenters. The molecule has 6 N–H and O–H groups in total. The lowest BCUT2D eigenvalue weighted by atomic mass is 9.99. The summed E-state index contributed by atoms with van der Waals surface area (Å²) in [5, 5.41) is 45.5. The highest BCUT2D eigenvalue weighted by Gasteiger charge is 2.44. The van der Waals surface area contributed by atoms with Crippen LogP contribution in [0.15, 0.2) is 0 Å². The lowest BCUT2D eigenvalue weighted by molar-refractivity contribution is -0.301. The Balaban J connectivity index is 2.45. The van der Waals surface area contributed by atoms with Crippen molar-refractivity contribution in [3.63, 3.8) is 0 Å². The first kappa shape index (κ1) is 41.7. The van der Waals surface area contributed by atoms with Gasteiger partial charge in [0.15, 0.2) is 6.29 Å². The van der Waals surface area contributed by atoms with Crippen molar-refractivity contribution in [2.24, 2.45) is 0 Å². The van der Waals surface area contributed by atoms with Gasteiger partial charge in [0.05, 0.1) is 13.2 Å². The predicted octanol–water partition coefficient (Wildman–Crippen LogP) is 5.03. The predicted molar refractivity (Wildman–Crippen MR) is 178 cm³/mol. The first-order valence-corrected chi connectivity index (χ1v) is 18.3. The maximum atomic E-state index is 13.1. The molecule has 1 heterocycles. The van der Waals surface area contributed by atoms with E-state index in [1.54, 1.807) is 0 Å². The van der Waals surface area contributed by atoms with E-state index >= 15 is 0 Å². The molecule has 1 aliphatic rings. The van der Waals surface area contributed by atoms with Crippen LogP contribution in [0.4, 0.5) is 0 Å². The second kappa shape index (κ2) is 27.8. The third-order valence-electron chi connectivity index (χ3n) is 8.76. The summed E-state index contributed by atoms with van der Waals surface area (Å²) in [6.07, 6.45) is 18.1. The van der Waals surface area contributed by atoms with E-state index in [2.05, 4.69) is 24.5 Å². The molecule has 0 spiro atoms. The third kappa shape index (κ3) is 19.8. The van der Waals surface area contributed by atoms with E-state index in [1.807, 2.05) is 0 Å². The smallest absolute Gasteiger partial charge is 0.244 e. The summed E-state index contributed by atoms with van der Waals surface area (Å²) in [6, 6.07) is -1.01. The van der Waals surface area contributed by atoms with E-state index in [9.17, 15) is 30.0 Å². The van der Waals surface area contributed by atoms with Gasteiger partial charge in [-0.25, -0.2) is 0 Å². The molecule has 0 bridgehead atoms. The molecular formula is C35H68N2O8. The molecule has 1 rings (SSSR count). The number of rotatable bonds is 29. The maximum absolute atomic E-state index is 13.1. The van der Waals surface area contributed by atoms with Crippen molar-refractivity contribution in [1.82, 2.24) is 10.6 Å². The van der Waals surface area contributed by atoms with Gasteiger partial charge in [0.1, 0.15) is 30.5 Å². The second-order valence-electron chi connectivity index (χ2n) is 12.9. The van der Waals surface area contributed by atoms with Gasteiger partial charge >= 0.3 is 0 Å². The monoisotopic (exact) mass is 644 g/mol. The van der Waals surface area contributed by atoms with Crippen molar-refractivity contribution in [1.29, 1.82) is 0 Å². The summed E-state index contributed by atoms with van der Waals surface area (Å²) >= 11 is 0. The number of hydrogen-bond donors (Lipinski definition) is 6. The summed E-state index contributed by atoms with van der Waals surface area (Å²) < 4.78 is 11.0. The number of aliphatic hydroxyl groups excluding tert-OH is 4. The van der Waals surface area contributed by atoms with Crippen LogP contribution in [-0.4, -0.2) is 88.7 Å². The summed E-state index contributed by atoms with van der Waals surface area (Å²) in [6.45, 7) is 4.06. The van der Waals surface area contributed by atoms with Crippen LogP contribution in [0.25, 0.3) is 0 Å². The second-order valence-corrected chi connectivity index (χ2v) is 12.9. The van der Waals surface area contributed by atoms with Crippen LogP contribution < -0.4 is 10.6 Å². The first-order chi connectivity index (χ1) is 21.8. The minimum absolute atomic E-state index is 0.248. The Morgan fingerprint density at radius 2 is 1.13 bits per heavy atom. The summed E-state index contributed by atoms with van der Waals surface area (Å²) in [5.74, 6) is -0.634. The van der Waals surface area contributed by atoms with Gasteiger partial charge in [-0.05, 0) is 12.8 Å². The van der Waals surface area contributed by atoms with Crippen LogP contribution in [0.1, 0.15) is 155 Å². The first-order valence-electron chi connectivity index (χ1n) is 18.3. The molecule has 10 heteroatoms. The van der Waals surface area contributed by atoms with Crippen molar-refractivity contribution in [3.05, 3.63) is 0 Å². The van der Waals surface area contributed by atoms with E-state index in [-0.39, 0.29) is 18.4 Å². The summed E-state index contributed by atoms with van der Waals surface area (Å²) in [5.41, 5.74) is 0. The fourth-order valence-electron chi connectivity index (χ4n) is 5.74. The summed E-state index contributed by atoms with van der Waals surface area (Å²) in [7, 11) is 0. The number of amides is 2. The highest BCUT2D eigenvalue weighted by atomic mass is 16.7. The number of carbonyl (C=O) groups excluding carboxylic acids is 2. The van der Waals surface area contributed by atoms with Gasteiger partial charge in [-0.15, -0.1) is 0 Å². The van der Waals surface area contributed by atoms with Gasteiger partial charge in [-0.2, -0.15) is 0 Å². The Bertz CT molecular complexity index is 726. The standard InChI is InChI=1S/C35H68N2O8/c1-3-5-7-9-11-13-15-16-18-20-22-24-30(39)37-28(27-44-35-33(42)32(41)31(40)29(26-38)45-35)34(43)36-25-23-21-19-17-14-12-10-8-6-4-2/h28-29,31-33,35,38,40-42H,3-27H2,1-2H3,(H,36,43)(H,37,39)/t28-,29+,31-,32-,33+,35-/m0/s1. The van der Waals surface area contributed by atoms with Crippen LogP contribution >= 0.6 is 0 Å². The van der Waals surface area contributed by atoms with Gasteiger partial charge in [0.2, 0.25) is 11.8 Å². The van der Waals surface area contributed by atoms with Crippen molar-refractivity contribution < 1.29 is 39.5 Å². The van der Waals surface area contributed by atoms with Gasteiger partial charge in [-0.1, -0.05) is 136 Å². The number of ether oxygens (including phenoxy) is 2. The van der Waals surface area contributed by atoms with Crippen LogP contribution in [0, 0.1) is 0 Å². The van der Waals surface area contributed by atoms with E-state index in [1.165, 1.54) is 96.3 Å². The number of hydrogen-bond acceptors (Lipinski definition) is 8. The number of aliphatic hydroxyl groups is 4. The zero-order chi connectivity index (χ0) is 33.1. The number of carbonyl (C=O) groups is 2. The average molecular weight is 645 g/mol. The fourth-order valence-corrected chi connectivity index (χ4v) is 5.74. The van der Waals surface area contributed by atoms with Crippen molar-refractivity contribution >= 4 is 11.8 Å². The quantitative estimate of drug-likeness (QED) is 0.0620. The van der Waals surface area contributed by atoms with Crippen LogP contribution in [0.2, 0.25) is 0 Å². The van der Waals surface area contributed by atoms with E-state index in [0.29, 0.717) is 13.0 Å². The zero-order valence-electron chi connectivity index (χ0n) is 28.6. The lowest BCUT2D eigenvalue weighted by Gasteiger charge is -2.39. The van der Waals surface area contributed by atoms with E-state index in [4.69, 9.17) is 9.47 Å². The molecule has 0 radical (unpaired) electrons. The molecule has 10 nitrogen and oxygen atoms in total. The third-order valence-corrected chi connectivity index (χ3v) is 8.76. The van der Waals surface area contributed by atoms with Gasteiger partial charge in [-0.3, -0.25) is 9.59 Å². The van der Waals surface area contributed by atoms with Crippen molar-refractivity contribution in [3.8, 4) is 0 Å². The lowest BCUT2D eigenvalue weighted by Crippen LogP contribution is -2.60. The minimum atomic E-state index is -1.58. The number of unbranched alkanes of at least 4 members (excludes halogenated alkanes) is 19. The SMILES string of the molecule is CCCCCCCCCCCCCC(=O)N[C@@H](CO[C@H]1O[C@H](CO)[C@H](O)[C@H](O)[C@H]1O)C(=O)NCCCCCCCCCCCC. The Morgan fingerprint density at radius 3 is 1.62 bits per heavy atom. The molecule has 0 aromatic rings. The van der Waals surface area contributed by atoms with Crippen molar-refractivity contribution in [2.75, 3.05) is 19.8 Å². The fraction of sp³-hybridized carbons (Fsp3) is 0.943.